The maximum absolute atomic E-state index is 12.6. The molecule has 6 nitrogen and oxygen atoms in total. The Morgan fingerprint density at radius 2 is 1.87 bits per heavy atom. The van der Waals surface area contributed by atoms with E-state index in [4.69, 9.17) is 16.3 Å². The van der Waals surface area contributed by atoms with Crippen LogP contribution in [0.25, 0.3) is 0 Å². The van der Waals surface area contributed by atoms with E-state index < -0.39 is 11.3 Å². The lowest BCUT2D eigenvalue weighted by molar-refractivity contribution is -0.129. The third-order valence-corrected chi connectivity index (χ3v) is 3.75. The topological polar surface area (TPSA) is 79.5 Å². The lowest BCUT2D eigenvalue weighted by Gasteiger charge is -2.21. The number of hydrogen-bond donors (Lipinski definition) is 1. The fourth-order valence-electron chi connectivity index (χ4n) is 2.43. The van der Waals surface area contributed by atoms with Gasteiger partial charge in [-0.25, -0.2) is 4.79 Å². The summed E-state index contributed by atoms with van der Waals surface area (Å²) in [7, 11) is 0. The van der Waals surface area contributed by atoms with Gasteiger partial charge in [0.2, 0.25) is 5.91 Å². The molecule has 0 aliphatic rings. The second kappa shape index (κ2) is 8.15. The highest BCUT2D eigenvalue weighted by atomic mass is 35.5. The number of nitrogens with one attached hydrogen (secondary N) is 1. The Bertz CT molecular complexity index is 607. The molecular formula is C16H23ClN2O4. The Kier molecular flexibility index (Phi) is 6.81. The van der Waals surface area contributed by atoms with Gasteiger partial charge in [0.1, 0.15) is 11.1 Å². The minimum absolute atomic E-state index is 0.0752. The van der Waals surface area contributed by atoms with Crippen molar-refractivity contribution in [2.24, 2.45) is 0 Å². The number of Topliss-reactive ketones (excluding diaryl/α,β-unsaturated/α-hetero) is 1. The molecule has 1 aromatic heterocycles. The maximum Gasteiger partial charge on any atom is 0.355 e. The van der Waals surface area contributed by atoms with E-state index in [9.17, 15) is 14.4 Å². The molecule has 0 radical (unpaired) electrons. The predicted octanol–water partition coefficient (Wildman–Crippen LogP) is 2.47. The smallest absolute Gasteiger partial charge is 0.355 e. The number of carbonyl (C=O) groups is 3. The second-order valence-corrected chi connectivity index (χ2v) is 5.89. The Morgan fingerprint density at radius 3 is 2.35 bits per heavy atom. The van der Waals surface area contributed by atoms with Crippen molar-refractivity contribution in [2.45, 2.75) is 40.0 Å². The average molecular weight is 343 g/mol. The van der Waals surface area contributed by atoms with Gasteiger partial charge in [-0.1, -0.05) is 0 Å². The Labute approximate surface area is 141 Å². The van der Waals surface area contributed by atoms with Gasteiger partial charge in [-0.05, 0) is 40.2 Å². The average Bonchev–Trinajstić information content (AvgIpc) is 2.79. The first kappa shape index (κ1) is 19.2. The van der Waals surface area contributed by atoms with Crippen LogP contribution < -0.4 is 0 Å². The summed E-state index contributed by atoms with van der Waals surface area (Å²) in [5, 5.41) is -0.689. The number of rotatable bonds is 7. The van der Waals surface area contributed by atoms with Crippen molar-refractivity contribution < 1.29 is 19.1 Å². The summed E-state index contributed by atoms with van der Waals surface area (Å²) in [6.45, 7) is 9.03. The van der Waals surface area contributed by atoms with Crippen molar-refractivity contribution in [3.8, 4) is 0 Å². The molecule has 0 unspecified atom stereocenters. The van der Waals surface area contributed by atoms with Crippen LogP contribution in [0.5, 0.6) is 0 Å². The number of ether oxygens (including phenoxy) is 1. The van der Waals surface area contributed by atoms with Crippen LogP contribution in [0.3, 0.4) is 0 Å². The van der Waals surface area contributed by atoms with Gasteiger partial charge >= 0.3 is 5.97 Å². The van der Waals surface area contributed by atoms with Crippen LogP contribution in [0.2, 0.25) is 0 Å². The number of alkyl halides is 1. The van der Waals surface area contributed by atoms with Gasteiger partial charge in [-0.2, -0.15) is 0 Å². The number of halogens is 1. The zero-order chi connectivity index (χ0) is 17.7. The van der Waals surface area contributed by atoms with E-state index in [2.05, 4.69) is 4.98 Å². The summed E-state index contributed by atoms with van der Waals surface area (Å²) in [5.41, 5.74) is 1.81. The highest BCUT2D eigenvalue weighted by Crippen LogP contribution is 2.20. The van der Waals surface area contributed by atoms with E-state index >= 15 is 0 Å². The third-order valence-electron chi connectivity index (χ3n) is 3.56. The van der Waals surface area contributed by atoms with Gasteiger partial charge in [-0.15, -0.1) is 11.6 Å². The summed E-state index contributed by atoms with van der Waals surface area (Å²) in [4.78, 5) is 40.7. The minimum atomic E-state index is -0.689. The number of likely N-dealkylation sites (N-methyl/N-ethyl adjacent to an activating group) is 1. The van der Waals surface area contributed by atoms with Crippen LogP contribution in [0.15, 0.2) is 0 Å². The molecule has 1 aromatic rings. The molecule has 0 aliphatic heterocycles. The third kappa shape index (κ3) is 4.34. The molecule has 0 fully saturated rings. The van der Waals surface area contributed by atoms with Crippen LogP contribution >= 0.6 is 11.6 Å². The quantitative estimate of drug-likeness (QED) is 0.469. The summed E-state index contributed by atoms with van der Waals surface area (Å²) in [6, 6.07) is 0. The first-order chi connectivity index (χ1) is 10.7. The van der Waals surface area contributed by atoms with Crippen LogP contribution in [-0.4, -0.2) is 52.6 Å². The normalized spacial score (nSPS) is 11.9. The fraction of sp³-hybridized carbons (Fsp3) is 0.562. The fourth-order valence-corrected chi connectivity index (χ4v) is 2.56. The van der Waals surface area contributed by atoms with E-state index in [-0.39, 0.29) is 30.5 Å². The molecule has 1 heterocycles. The van der Waals surface area contributed by atoms with Gasteiger partial charge < -0.3 is 14.6 Å². The number of hydrogen-bond acceptors (Lipinski definition) is 4. The maximum atomic E-state index is 12.6. The predicted molar refractivity (Wildman–Crippen MR) is 88.1 cm³/mol. The number of carbonyl (C=O) groups excluding carboxylic acids is 3. The molecule has 0 aromatic carbocycles. The first-order valence-corrected chi connectivity index (χ1v) is 8.00. The van der Waals surface area contributed by atoms with E-state index in [1.54, 1.807) is 34.6 Å². The lowest BCUT2D eigenvalue weighted by atomic mass is 10.1. The minimum Gasteiger partial charge on any atom is -0.461 e. The molecule has 1 N–H and O–H groups in total. The van der Waals surface area contributed by atoms with Crippen molar-refractivity contribution in [1.82, 2.24) is 9.88 Å². The Balaban J connectivity index is 3.05. The summed E-state index contributed by atoms with van der Waals surface area (Å²) >= 11 is 5.80. The van der Waals surface area contributed by atoms with Gasteiger partial charge in [0, 0.05) is 17.8 Å². The highest BCUT2D eigenvalue weighted by molar-refractivity contribution is 6.30. The second-order valence-electron chi connectivity index (χ2n) is 5.24. The van der Waals surface area contributed by atoms with Gasteiger partial charge in [-0.3, -0.25) is 9.59 Å². The van der Waals surface area contributed by atoms with E-state index in [1.165, 1.54) is 4.90 Å². The molecule has 0 saturated carbocycles. The number of amides is 1. The molecule has 0 saturated heterocycles. The van der Waals surface area contributed by atoms with Gasteiger partial charge in [0.25, 0.3) is 0 Å². The summed E-state index contributed by atoms with van der Waals surface area (Å²) in [5.74, 6) is -1.02. The zero-order valence-corrected chi connectivity index (χ0v) is 14.9. The monoisotopic (exact) mass is 342 g/mol. The van der Waals surface area contributed by atoms with E-state index in [1.807, 2.05) is 0 Å². The highest BCUT2D eigenvalue weighted by Gasteiger charge is 2.26. The molecule has 7 heteroatoms. The molecule has 0 aliphatic carbocycles. The van der Waals surface area contributed by atoms with Crippen LogP contribution in [0, 0.1) is 13.8 Å². The van der Waals surface area contributed by atoms with Crippen molar-refractivity contribution in [2.75, 3.05) is 19.7 Å². The van der Waals surface area contributed by atoms with Gasteiger partial charge in [0.05, 0.1) is 13.2 Å². The molecule has 23 heavy (non-hydrogen) atoms. The largest absolute Gasteiger partial charge is 0.461 e. The number of aromatic nitrogens is 1. The summed E-state index contributed by atoms with van der Waals surface area (Å²) < 4.78 is 4.97. The summed E-state index contributed by atoms with van der Waals surface area (Å²) in [6.07, 6.45) is 0. The lowest BCUT2D eigenvalue weighted by Crippen LogP contribution is -2.39. The van der Waals surface area contributed by atoms with Crippen molar-refractivity contribution >= 4 is 29.3 Å². The number of esters is 1. The number of aromatic amines is 1. The van der Waals surface area contributed by atoms with Crippen molar-refractivity contribution in [3.63, 3.8) is 0 Å². The number of nitrogens with zero attached hydrogens (tertiary/aromatic N) is 1. The van der Waals surface area contributed by atoms with Gasteiger partial charge in [0.15, 0.2) is 5.78 Å². The zero-order valence-electron chi connectivity index (χ0n) is 14.2. The Hall–Kier alpha value is -1.82. The number of aryl methyl sites for hydroxylation is 1. The molecule has 0 spiro atoms. The van der Waals surface area contributed by atoms with Crippen LogP contribution in [0.1, 0.15) is 52.9 Å². The molecule has 1 rings (SSSR count). The number of H-pyrrole nitrogens is 1. The molecule has 1 amide bonds. The van der Waals surface area contributed by atoms with Crippen molar-refractivity contribution in [1.29, 1.82) is 0 Å². The molecular weight excluding hydrogens is 320 g/mol. The van der Waals surface area contributed by atoms with E-state index in [0.29, 0.717) is 23.4 Å². The molecule has 1 atom stereocenters. The SMILES string of the molecule is CCOC(=O)c1[nH]c(C)c(C(=O)CN(CC)C(=O)[C@H](C)Cl)c1C. The van der Waals surface area contributed by atoms with E-state index in [0.717, 1.165) is 0 Å². The van der Waals surface area contributed by atoms with Crippen LogP contribution in [0.4, 0.5) is 0 Å². The number of ketones is 1. The van der Waals surface area contributed by atoms with Crippen LogP contribution in [-0.2, 0) is 9.53 Å². The standard InChI is InChI=1S/C16H23ClN2O4/c1-6-19(15(21)10(4)17)8-12(20)13-9(3)14(18-11(13)5)16(22)23-7-2/h10,18H,6-8H2,1-5H3/t10-/m0/s1. The Morgan fingerprint density at radius 1 is 1.26 bits per heavy atom. The molecule has 128 valence electrons. The first-order valence-electron chi connectivity index (χ1n) is 7.56. The van der Waals surface area contributed by atoms with Crippen molar-refractivity contribution in [3.05, 3.63) is 22.5 Å². The molecule has 0 bridgehead atoms.